The highest BCUT2D eigenvalue weighted by Gasteiger charge is 2.32. The van der Waals surface area contributed by atoms with Crippen LogP contribution in [0.4, 0.5) is 0 Å². The lowest BCUT2D eigenvalue weighted by atomic mass is 10.0. The summed E-state index contributed by atoms with van der Waals surface area (Å²) in [6, 6.07) is 18.4. The molecule has 1 aromatic heterocycles. The third-order valence-corrected chi connectivity index (χ3v) is 5.54. The van der Waals surface area contributed by atoms with Crippen LogP contribution >= 0.6 is 15.9 Å². The van der Waals surface area contributed by atoms with Gasteiger partial charge in [0.2, 0.25) is 0 Å². The second-order valence-electron chi connectivity index (χ2n) is 6.60. The minimum atomic E-state index is 0.0669. The maximum absolute atomic E-state index is 13.2. The lowest BCUT2D eigenvalue weighted by molar-refractivity contribution is 0.0735. The van der Waals surface area contributed by atoms with E-state index in [2.05, 4.69) is 33.2 Å². The molecule has 1 amide bonds. The molecule has 0 saturated carbocycles. The number of amides is 1. The van der Waals surface area contributed by atoms with Crippen molar-refractivity contribution in [1.82, 2.24) is 14.7 Å². The number of carbonyl (C=O) groups is 1. The van der Waals surface area contributed by atoms with E-state index in [4.69, 9.17) is 0 Å². The Morgan fingerprint density at radius 3 is 2.58 bits per heavy atom. The largest absolute Gasteiger partial charge is 0.331 e. The lowest BCUT2D eigenvalue weighted by Gasteiger charge is -2.25. The molecule has 1 atom stereocenters. The van der Waals surface area contributed by atoms with Crippen molar-refractivity contribution in [2.75, 3.05) is 6.54 Å². The Labute approximate surface area is 161 Å². The zero-order chi connectivity index (χ0) is 18.1. The van der Waals surface area contributed by atoms with Gasteiger partial charge in [-0.1, -0.05) is 46.3 Å². The minimum absolute atomic E-state index is 0.0669. The fourth-order valence-corrected chi connectivity index (χ4v) is 3.91. The molecule has 1 aliphatic rings. The molecule has 1 aliphatic heterocycles. The molecule has 0 radical (unpaired) electrons. The summed E-state index contributed by atoms with van der Waals surface area (Å²) in [7, 11) is 0. The Kier molecular flexibility index (Phi) is 4.64. The summed E-state index contributed by atoms with van der Waals surface area (Å²) < 4.78 is 2.85. The van der Waals surface area contributed by atoms with E-state index in [-0.39, 0.29) is 11.9 Å². The normalized spacial score (nSPS) is 16.8. The first-order valence-corrected chi connectivity index (χ1v) is 9.61. The van der Waals surface area contributed by atoms with E-state index >= 15 is 0 Å². The van der Waals surface area contributed by atoms with Crippen LogP contribution in [-0.4, -0.2) is 27.1 Å². The first kappa shape index (κ1) is 17.0. The van der Waals surface area contributed by atoms with Gasteiger partial charge in [0.25, 0.3) is 5.91 Å². The van der Waals surface area contributed by atoms with E-state index in [0.717, 1.165) is 35.2 Å². The fourth-order valence-electron chi connectivity index (χ4n) is 3.65. The van der Waals surface area contributed by atoms with Gasteiger partial charge < -0.3 is 4.90 Å². The summed E-state index contributed by atoms with van der Waals surface area (Å²) in [4.78, 5) is 15.2. The highest BCUT2D eigenvalue weighted by molar-refractivity contribution is 9.10. The third-order valence-electron chi connectivity index (χ3n) is 5.01. The fraction of sp³-hybridized carbons (Fsp3) is 0.238. The van der Waals surface area contributed by atoms with Crippen LogP contribution < -0.4 is 0 Å². The first-order chi connectivity index (χ1) is 12.6. The van der Waals surface area contributed by atoms with Gasteiger partial charge in [-0.25, -0.2) is 4.68 Å². The van der Waals surface area contributed by atoms with E-state index in [9.17, 15) is 4.79 Å². The summed E-state index contributed by atoms with van der Waals surface area (Å²) in [5.41, 5.74) is 3.70. The molecule has 2 heterocycles. The van der Waals surface area contributed by atoms with Gasteiger partial charge in [-0.15, -0.1) is 0 Å². The number of hydrogen-bond donors (Lipinski definition) is 0. The molecule has 1 unspecified atom stereocenters. The molecular weight excluding hydrogens is 390 g/mol. The van der Waals surface area contributed by atoms with E-state index in [1.807, 2.05) is 59.0 Å². The first-order valence-electron chi connectivity index (χ1n) is 8.81. The van der Waals surface area contributed by atoms with Gasteiger partial charge in [0.1, 0.15) is 0 Å². The van der Waals surface area contributed by atoms with Crippen molar-refractivity contribution < 1.29 is 4.79 Å². The molecule has 3 aromatic rings. The summed E-state index contributed by atoms with van der Waals surface area (Å²) in [6.07, 6.45) is 3.74. The van der Waals surface area contributed by atoms with Gasteiger partial charge in [0.15, 0.2) is 0 Å². The van der Waals surface area contributed by atoms with E-state index < -0.39 is 0 Å². The number of benzene rings is 2. The maximum Gasteiger partial charge on any atom is 0.257 e. The molecule has 0 aliphatic carbocycles. The zero-order valence-electron chi connectivity index (χ0n) is 14.6. The molecule has 26 heavy (non-hydrogen) atoms. The van der Waals surface area contributed by atoms with Crippen LogP contribution in [-0.2, 0) is 0 Å². The summed E-state index contributed by atoms with van der Waals surface area (Å²) in [6.45, 7) is 2.75. The van der Waals surface area contributed by atoms with Crippen LogP contribution in [0.25, 0.3) is 5.69 Å². The molecule has 4 nitrogen and oxygen atoms in total. The Hall–Kier alpha value is -2.40. The Morgan fingerprint density at radius 1 is 1.12 bits per heavy atom. The maximum atomic E-state index is 13.2. The topological polar surface area (TPSA) is 38.1 Å². The van der Waals surface area contributed by atoms with Crippen LogP contribution in [0.2, 0.25) is 0 Å². The van der Waals surface area contributed by atoms with Crippen LogP contribution in [0.1, 0.15) is 40.5 Å². The molecule has 1 saturated heterocycles. The average molecular weight is 410 g/mol. The molecule has 4 rings (SSSR count). The van der Waals surface area contributed by atoms with Crippen molar-refractivity contribution in [3.05, 3.63) is 82.1 Å². The Balaban J connectivity index is 1.63. The average Bonchev–Trinajstić information content (AvgIpc) is 3.30. The van der Waals surface area contributed by atoms with Crippen molar-refractivity contribution in [1.29, 1.82) is 0 Å². The van der Waals surface area contributed by atoms with Crippen LogP contribution in [0.5, 0.6) is 0 Å². The van der Waals surface area contributed by atoms with E-state index in [0.29, 0.717) is 5.56 Å². The molecule has 1 fully saturated rings. The van der Waals surface area contributed by atoms with Crippen molar-refractivity contribution in [3.8, 4) is 5.69 Å². The SMILES string of the molecule is Cc1c(C(=O)N2CCCC2c2ccccc2)cnn1-c1ccc(Br)cc1. The van der Waals surface area contributed by atoms with Gasteiger partial charge in [-0.3, -0.25) is 4.79 Å². The standard InChI is InChI=1S/C21H20BrN3O/c1-15-19(14-23-25(15)18-11-9-17(22)10-12-18)21(26)24-13-5-8-20(24)16-6-3-2-4-7-16/h2-4,6-7,9-12,14,20H,5,8,13H2,1H3. The predicted molar refractivity (Wildman–Crippen MR) is 105 cm³/mol. The highest BCUT2D eigenvalue weighted by atomic mass is 79.9. The third kappa shape index (κ3) is 3.07. The van der Waals surface area contributed by atoms with E-state index in [1.165, 1.54) is 5.56 Å². The summed E-state index contributed by atoms with van der Waals surface area (Å²) in [5, 5.41) is 4.46. The Morgan fingerprint density at radius 2 is 1.85 bits per heavy atom. The van der Waals surface area contributed by atoms with Gasteiger partial charge in [0, 0.05) is 11.0 Å². The van der Waals surface area contributed by atoms with Gasteiger partial charge >= 0.3 is 0 Å². The highest BCUT2D eigenvalue weighted by Crippen LogP contribution is 2.33. The second-order valence-corrected chi connectivity index (χ2v) is 7.51. The minimum Gasteiger partial charge on any atom is -0.331 e. The molecule has 2 aromatic carbocycles. The lowest BCUT2D eigenvalue weighted by Crippen LogP contribution is -2.30. The van der Waals surface area contributed by atoms with Crippen molar-refractivity contribution >= 4 is 21.8 Å². The predicted octanol–water partition coefficient (Wildman–Crippen LogP) is 4.92. The number of halogens is 1. The Bertz CT molecular complexity index is 918. The zero-order valence-corrected chi connectivity index (χ0v) is 16.2. The number of aromatic nitrogens is 2. The number of rotatable bonds is 3. The molecular formula is C21H20BrN3O. The van der Waals surface area contributed by atoms with Crippen molar-refractivity contribution in [2.45, 2.75) is 25.8 Å². The van der Waals surface area contributed by atoms with Gasteiger partial charge in [-0.2, -0.15) is 5.10 Å². The number of carbonyl (C=O) groups excluding carboxylic acids is 1. The smallest absolute Gasteiger partial charge is 0.257 e. The van der Waals surface area contributed by atoms with Gasteiger partial charge in [-0.05, 0) is 49.6 Å². The summed E-state index contributed by atoms with van der Waals surface area (Å²) in [5.74, 6) is 0.0669. The molecule has 0 N–H and O–H groups in total. The number of nitrogens with zero attached hydrogens (tertiary/aromatic N) is 3. The van der Waals surface area contributed by atoms with Crippen molar-refractivity contribution in [2.24, 2.45) is 0 Å². The van der Waals surface area contributed by atoms with E-state index in [1.54, 1.807) is 6.20 Å². The quantitative estimate of drug-likeness (QED) is 0.615. The molecule has 0 spiro atoms. The van der Waals surface area contributed by atoms with Crippen LogP contribution in [0.3, 0.4) is 0 Å². The van der Waals surface area contributed by atoms with Crippen molar-refractivity contribution in [3.63, 3.8) is 0 Å². The molecule has 132 valence electrons. The van der Waals surface area contributed by atoms with Gasteiger partial charge in [0.05, 0.1) is 29.2 Å². The van der Waals surface area contributed by atoms with Crippen LogP contribution in [0.15, 0.2) is 65.3 Å². The molecule has 0 bridgehead atoms. The molecule has 5 heteroatoms. The number of hydrogen-bond acceptors (Lipinski definition) is 2. The van der Waals surface area contributed by atoms with Crippen LogP contribution in [0, 0.1) is 6.92 Å². The number of likely N-dealkylation sites (tertiary alicyclic amines) is 1. The summed E-state index contributed by atoms with van der Waals surface area (Å²) >= 11 is 3.45. The second kappa shape index (κ2) is 7.08. The monoisotopic (exact) mass is 409 g/mol.